The first kappa shape index (κ1) is 19.8. The van der Waals surface area contributed by atoms with Gasteiger partial charge in [-0.3, -0.25) is 4.99 Å². The van der Waals surface area contributed by atoms with Gasteiger partial charge in [-0.1, -0.05) is 12.1 Å². The van der Waals surface area contributed by atoms with Crippen LogP contribution in [0.25, 0.3) is 0 Å². The van der Waals surface area contributed by atoms with Crippen LogP contribution in [-0.2, 0) is 13.0 Å². The minimum Gasteiger partial charge on any atom is -0.497 e. The molecule has 0 atom stereocenters. The van der Waals surface area contributed by atoms with Crippen LogP contribution in [0.2, 0.25) is 0 Å². The Hall–Kier alpha value is -1.28. The number of thiophene rings is 1. The second-order valence-corrected chi connectivity index (χ2v) is 6.34. The molecule has 0 amide bonds. The van der Waals surface area contributed by atoms with E-state index in [9.17, 15) is 0 Å². The van der Waals surface area contributed by atoms with Gasteiger partial charge in [0.2, 0.25) is 0 Å². The lowest BCUT2D eigenvalue weighted by Crippen LogP contribution is -2.37. The molecular formula is C17H24IN3OS. The van der Waals surface area contributed by atoms with Gasteiger partial charge in [0.1, 0.15) is 5.75 Å². The van der Waals surface area contributed by atoms with E-state index in [2.05, 4.69) is 46.8 Å². The lowest BCUT2D eigenvalue weighted by Gasteiger charge is -2.11. The highest BCUT2D eigenvalue weighted by Gasteiger charge is 2.01. The molecule has 0 spiro atoms. The number of aliphatic imine (C=N–C) groups is 1. The average molecular weight is 445 g/mol. The molecule has 6 heteroatoms. The molecule has 1 aromatic carbocycles. The van der Waals surface area contributed by atoms with Crippen molar-refractivity contribution in [1.29, 1.82) is 0 Å². The van der Waals surface area contributed by atoms with Crippen molar-refractivity contribution >= 4 is 41.3 Å². The summed E-state index contributed by atoms with van der Waals surface area (Å²) in [6.07, 6.45) is 0.927. The Bertz CT molecular complexity index is 628. The zero-order valence-electron chi connectivity index (χ0n) is 13.8. The van der Waals surface area contributed by atoms with Crippen LogP contribution in [-0.4, -0.2) is 26.7 Å². The van der Waals surface area contributed by atoms with Crippen molar-refractivity contribution in [3.8, 4) is 5.75 Å². The molecule has 1 heterocycles. The number of guanidine groups is 1. The van der Waals surface area contributed by atoms with Crippen LogP contribution in [0.5, 0.6) is 5.75 Å². The molecule has 0 saturated carbocycles. The lowest BCUT2D eigenvalue weighted by atomic mass is 10.1. The fourth-order valence-electron chi connectivity index (χ4n) is 2.12. The fraction of sp³-hybridized carbons (Fsp3) is 0.353. The number of aryl methyl sites for hydroxylation is 1. The van der Waals surface area contributed by atoms with Gasteiger partial charge >= 0.3 is 0 Å². The maximum Gasteiger partial charge on any atom is 0.191 e. The van der Waals surface area contributed by atoms with Gasteiger partial charge in [0.15, 0.2) is 5.96 Å². The van der Waals surface area contributed by atoms with E-state index in [1.54, 1.807) is 25.5 Å². The number of hydrogen-bond acceptors (Lipinski definition) is 3. The zero-order valence-corrected chi connectivity index (χ0v) is 16.9. The third-order valence-electron chi connectivity index (χ3n) is 3.29. The average Bonchev–Trinajstić information content (AvgIpc) is 2.96. The van der Waals surface area contributed by atoms with Crippen molar-refractivity contribution in [1.82, 2.24) is 10.6 Å². The van der Waals surface area contributed by atoms with Gasteiger partial charge in [-0.05, 0) is 43.2 Å². The maximum absolute atomic E-state index is 5.24. The summed E-state index contributed by atoms with van der Waals surface area (Å²) >= 11 is 1.81. The van der Waals surface area contributed by atoms with Gasteiger partial charge in [0, 0.05) is 23.3 Å². The number of methoxy groups -OCH3 is 1. The molecular weight excluding hydrogens is 421 g/mol. The molecule has 0 aliphatic heterocycles. The van der Waals surface area contributed by atoms with E-state index in [-0.39, 0.29) is 24.0 Å². The highest BCUT2D eigenvalue weighted by atomic mass is 127. The van der Waals surface area contributed by atoms with Crippen molar-refractivity contribution in [2.45, 2.75) is 19.9 Å². The largest absolute Gasteiger partial charge is 0.497 e. The SMILES string of the molecule is CN=C(NCCc1cccc(OC)c1)NCc1ccc(C)s1.I. The monoisotopic (exact) mass is 445 g/mol. The molecule has 0 unspecified atom stereocenters. The Morgan fingerprint density at radius 3 is 2.70 bits per heavy atom. The predicted octanol–water partition coefficient (Wildman–Crippen LogP) is 3.59. The second kappa shape index (κ2) is 10.5. The highest BCUT2D eigenvalue weighted by molar-refractivity contribution is 14.0. The van der Waals surface area contributed by atoms with E-state index in [0.29, 0.717) is 0 Å². The lowest BCUT2D eigenvalue weighted by molar-refractivity contribution is 0.414. The van der Waals surface area contributed by atoms with Crippen molar-refractivity contribution in [2.75, 3.05) is 20.7 Å². The van der Waals surface area contributed by atoms with Gasteiger partial charge in [-0.25, -0.2) is 0 Å². The van der Waals surface area contributed by atoms with Crippen molar-refractivity contribution in [3.63, 3.8) is 0 Å². The van der Waals surface area contributed by atoms with Crippen LogP contribution in [0.15, 0.2) is 41.4 Å². The summed E-state index contributed by atoms with van der Waals surface area (Å²) in [5, 5.41) is 6.67. The number of hydrogen-bond donors (Lipinski definition) is 2. The summed E-state index contributed by atoms with van der Waals surface area (Å²) in [4.78, 5) is 6.89. The van der Waals surface area contributed by atoms with E-state index in [1.807, 2.05) is 12.1 Å². The quantitative estimate of drug-likeness (QED) is 0.406. The molecule has 126 valence electrons. The minimum atomic E-state index is 0. The number of halogens is 1. The second-order valence-electron chi connectivity index (χ2n) is 4.97. The minimum absolute atomic E-state index is 0. The van der Waals surface area contributed by atoms with Crippen LogP contribution < -0.4 is 15.4 Å². The number of rotatable bonds is 6. The number of benzene rings is 1. The molecule has 23 heavy (non-hydrogen) atoms. The highest BCUT2D eigenvalue weighted by Crippen LogP contribution is 2.14. The fourth-order valence-corrected chi connectivity index (χ4v) is 2.95. The smallest absolute Gasteiger partial charge is 0.191 e. The molecule has 0 saturated heterocycles. The molecule has 1 aromatic heterocycles. The van der Waals surface area contributed by atoms with Crippen molar-refractivity contribution in [2.24, 2.45) is 4.99 Å². The molecule has 4 nitrogen and oxygen atoms in total. The topological polar surface area (TPSA) is 45.7 Å². The van der Waals surface area contributed by atoms with E-state index in [1.165, 1.54) is 15.3 Å². The summed E-state index contributed by atoms with van der Waals surface area (Å²) in [5.41, 5.74) is 1.25. The third-order valence-corrected chi connectivity index (χ3v) is 4.29. The first-order valence-corrected chi connectivity index (χ1v) is 8.15. The van der Waals surface area contributed by atoms with Crippen molar-refractivity contribution < 1.29 is 4.74 Å². The van der Waals surface area contributed by atoms with Gasteiger partial charge in [-0.2, -0.15) is 0 Å². The molecule has 2 N–H and O–H groups in total. The van der Waals surface area contributed by atoms with Gasteiger partial charge in [0.05, 0.1) is 13.7 Å². The number of nitrogens with one attached hydrogen (secondary N) is 2. The first-order valence-electron chi connectivity index (χ1n) is 7.34. The molecule has 0 fully saturated rings. The van der Waals surface area contributed by atoms with Crippen molar-refractivity contribution in [3.05, 3.63) is 51.7 Å². The molecule has 0 aliphatic carbocycles. The van der Waals surface area contributed by atoms with Gasteiger partial charge < -0.3 is 15.4 Å². The Kier molecular flexibility index (Phi) is 9.01. The van der Waals surface area contributed by atoms with Gasteiger partial charge in [0.25, 0.3) is 0 Å². The normalized spacial score (nSPS) is 10.8. The maximum atomic E-state index is 5.24. The van der Waals surface area contributed by atoms with E-state index < -0.39 is 0 Å². The standard InChI is InChI=1S/C17H23N3OS.HI/c1-13-7-8-16(22-13)12-20-17(18-2)19-10-9-14-5-4-6-15(11-14)21-3;/h4-8,11H,9-10,12H2,1-3H3,(H2,18,19,20);1H. The van der Waals surface area contributed by atoms with E-state index in [4.69, 9.17) is 4.74 Å². The zero-order chi connectivity index (χ0) is 15.8. The molecule has 0 aliphatic rings. The molecule has 2 rings (SSSR count). The molecule has 2 aromatic rings. The summed E-state index contributed by atoms with van der Waals surface area (Å²) in [5.74, 6) is 1.72. The Labute approximate surface area is 159 Å². The summed E-state index contributed by atoms with van der Waals surface area (Å²) in [6.45, 7) is 3.75. The molecule has 0 radical (unpaired) electrons. The Balaban J connectivity index is 0.00000264. The summed E-state index contributed by atoms with van der Waals surface area (Å²) in [7, 11) is 3.48. The van der Waals surface area contributed by atoms with Crippen LogP contribution in [0.1, 0.15) is 15.3 Å². The Morgan fingerprint density at radius 1 is 1.22 bits per heavy atom. The van der Waals surface area contributed by atoms with E-state index >= 15 is 0 Å². The summed E-state index contributed by atoms with van der Waals surface area (Å²) in [6, 6.07) is 12.4. The number of ether oxygens (including phenoxy) is 1. The van der Waals surface area contributed by atoms with Crippen LogP contribution in [0.3, 0.4) is 0 Å². The van der Waals surface area contributed by atoms with Crippen LogP contribution in [0.4, 0.5) is 0 Å². The molecule has 0 bridgehead atoms. The first-order chi connectivity index (χ1) is 10.7. The number of nitrogens with zero attached hydrogens (tertiary/aromatic N) is 1. The predicted molar refractivity (Wildman–Crippen MR) is 109 cm³/mol. The van der Waals surface area contributed by atoms with Crippen LogP contribution in [0, 0.1) is 6.92 Å². The van der Waals surface area contributed by atoms with Crippen LogP contribution >= 0.6 is 35.3 Å². The third kappa shape index (κ3) is 6.78. The Morgan fingerprint density at radius 2 is 2.04 bits per heavy atom. The van der Waals surface area contributed by atoms with Gasteiger partial charge in [-0.15, -0.1) is 35.3 Å². The summed E-state index contributed by atoms with van der Waals surface area (Å²) < 4.78 is 5.24. The van der Waals surface area contributed by atoms with E-state index in [0.717, 1.165) is 31.2 Å².